The highest BCUT2D eigenvalue weighted by molar-refractivity contribution is 9.09. The Morgan fingerprint density at radius 3 is 2.40 bits per heavy atom. The van der Waals surface area contributed by atoms with Gasteiger partial charge in [-0.2, -0.15) is 0 Å². The van der Waals surface area contributed by atoms with Crippen LogP contribution >= 0.6 is 15.9 Å². The Bertz CT molecular complexity index is 534. The average molecular weight is 331 g/mol. The van der Waals surface area contributed by atoms with Crippen molar-refractivity contribution < 1.29 is 4.74 Å². The average Bonchev–Trinajstić information content (AvgIpc) is 2.51. The second-order valence-corrected chi connectivity index (χ2v) is 5.32. The molecule has 0 aliphatic carbocycles. The first-order chi connectivity index (χ1) is 9.90. The predicted molar refractivity (Wildman–Crippen MR) is 90.3 cm³/mol. The smallest absolute Gasteiger partial charge is 0.126 e. The summed E-state index contributed by atoms with van der Waals surface area (Å²) in [6.07, 6.45) is 6.43. The van der Waals surface area contributed by atoms with Gasteiger partial charge in [-0.25, -0.2) is 0 Å². The molecule has 0 radical (unpaired) electrons. The molecule has 0 aromatic heterocycles. The van der Waals surface area contributed by atoms with Crippen molar-refractivity contribution in [1.82, 2.24) is 0 Å². The standard InChI is InChI=1S/C18H19BrO/c19-14-6-7-15-20-18-11-5-4-10-17(18)13-12-16-8-2-1-3-9-16/h1-5,8-13H,6-7,14-15H2/b13-12+. The Labute approximate surface area is 129 Å². The minimum atomic E-state index is 0.766. The Morgan fingerprint density at radius 2 is 1.60 bits per heavy atom. The van der Waals surface area contributed by atoms with Crippen molar-refractivity contribution in [2.24, 2.45) is 0 Å². The molecule has 0 aliphatic heterocycles. The fourth-order valence-corrected chi connectivity index (χ4v) is 2.28. The summed E-state index contributed by atoms with van der Waals surface area (Å²) < 4.78 is 5.86. The summed E-state index contributed by atoms with van der Waals surface area (Å²) in [5, 5.41) is 1.03. The van der Waals surface area contributed by atoms with Crippen LogP contribution in [-0.4, -0.2) is 11.9 Å². The summed E-state index contributed by atoms with van der Waals surface area (Å²) >= 11 is 3.43. The number of ether oxygens (including phenoxy) is 1. The molecule has 2 heteroatoms. The van der Waals surface area contributed by atoms with Crippen molar-refractivity contribution in [3.8, 4) is 5.75 Å². The van der Waals surface area contributed by atoms with Crippen LogP contribution in [0.15, 0.2) is 54.6 Å². The maximum atomic E-state index is 5.86. The zero-order chi connectivity index (χ0) is 14.0. The number of alkyl halides is 1. The van der Waals surface area contributed by atoms with Gasteiger partial charge >= 0.3 is 0 Å². The van der Waals surface area contributed by atoms with Crippen molar-refractivity contribution in [3.05, 3.63) is 65.7 Å². The van der Waals surface area contributed by atoms with Crippen LogP contribution in [0.4, 0.5) is 0 Å². The van der Waals surface area contributed by atoms with E-state index in [1.165, 1.54) is 5.56 Å². The van der Waals surface area contributed by atoms with Crippen LogP contribution in [0.3, 0.4) is 0 Å². The lowest BCUT2D eigenvalue weighted by Crippen LogP contribution is -1.98. The summed E-state index contributed by atoms with van der Waals surface area (Å²) in [6, 6.07) is 18.5. The molecule has 0 N–H and O–H groups in total. The molecule has 0 fully saturated rings. The van der Waals surface area contributed by atoms with Crippen molar-refractivity contribution in [2.45, 2.75) is 12.8 Å². The van der Waals surface area contributed by atoms with Gasteiger partial charge in [0.2, 0.25) is 0 Å². The van der Waals surface area contributed by atoms with E-state index in [9.17, 15) is 0 Å². The maximum Gasteiger partial charge on any atom is 0.126 e. The largest absolute Gasteiger partial charge is 0.493 e. The van der Waals surface area contributed by atoms with E-state index in [1.807, 2.05) is 36.4 Å². The molecule has 0 saturated heterocycles. The Kier molecular flexibility index (Phi) is 6.39. The summed E-state index contributed by atoms with van der Waals surface area (Å²) in [6.45, 7) is 0.766. The molecule has 0 atom stereocenters. The van der Waals surface area contributed by atoms with E-state index < -0.39 is 0 Å². The van der Waals surface area contributed by atoms with Gasteiger partial charge in [0, 0.05) is 10.9 Å². The molecule has 2 aromatic rings. The second kappa shape index (κ2) is 8.60. The fourth-order valence-electron chi connectivity index (χ4n) is 1.88. The summed E-state index contributed by atoms with van der Waals surface area (Å²) in [7, 11) is 0. The van der Waals surface area contributed by atoms with Gasteiger partial charge in [0.05, 0.1) is 6.61 Å². The van der Waals surface area contributed by atoms with Crippen LogP contribution in [-0.2, 0) is 0 Å². The van der Waals surface area contributed by atoms with E-state index in [2.05, 4.69) is 46.3 Å². The first kappa shape index (κ1) is 14.9. The molecule has 0 spiro atoms. The highest BCUT2D eigenvalue weighted by Gasteiger charge is 1.99. The van der Waals surface area contributed by atoms with Crippen molar-refractivity contribution in [3.63, 3.8) is 0 Å². The molecule has 0 heterocycles. The molecule has 0 saturated carbocycles. The molecule has 20 heavy (non-hydrogen) atoms. The number of halogens is 1. The number of rotatable bonds is 7. The normalized spacial score (nSPS) is 10.8. The predicted octanol–water partition coefficient (Wildman–Crippen LogP) is 5.41. The maximum absolute atomic E-state index is 5.86. The van der Waals surface area contributed by atoms with E-state index in [1.54, 1.807) is 0 Å². The Hall–Kier alpha value is -1.54. The zero-order valence-electron chi connectivity index (χ0n) is 11.5. The van der Waals surface area contributed by atoms with Crippen molar-refractivity contribution in [1.29, 1.82) is 0 Å². The van der Waals surface area contributed by atoms with Gasteiger partial charge in [-0.3, -0.25) is 0 Å². The fraction of sp³-hybridized carbons (Fsp3) is 0.222. The molecular weight excluding hydrogens is 312 g/mol. The van der Waals surface area contributed by atoms with Crippen LogP contribution in [0.2, 0.25) is 0 Å². The van der Waals surface area contributed by atoms with E-state index in [0.717, 1.165) is 36.1 Å². The summed E-state index contributed by atoms with van der Waals surface area (Å²) in [5.41, 5.74) is 2.32. The monoisotopic (exact) mass is 330 g/mol. The third-order valence-electron chi connectivity index (χ3n) is 2.96. The van der Waals surface area contributed by atoms with Gasteiger partial charge in [0.1, 0.15) is 5.75 Å². The molecule has 2 rings (SSSR count). The molecule has 2 aromatic carbocycles. The zero-order valence-corrected chi connectivity index (χ0v) is 13.1. The number of para-hydroxylation sites is 1. The van der Waals surface area contributed by atoms with Crippen molar-refractivity contribution >= 4 is 28.1 Å². The van der Waals surface area contributed by atoms with Crippen molar-refractivity contribution in [2.75, 3.05) is 11.9 Å². The molecule has 0 bridgehead atoms. The minimum absolute atomic E-state index is 0.766. The van der Waals surface area contributed by atoms with Crippen LogP contribution in [0.1, 0.15) is 24.0 Å². The Morgan fingerprint density at radius 1 is 0.850 bits per heavy atom. The number of hydrogen-bond acceptors (Lipinski definition) is 1. The molecular formula is C18H19BrO. The van der Waals surface area contributed by atoms with Gasteiger partial charge in [-0.1, -0.05) is 76.6 Å². The van der Waals surface area contributed by atoms with Crippen LogP contribution in [0, 0.1) is 0 Å². The summed E-state index contributed by atoms with van der Waals surface area (Å²) in [5.74, 6) is 0.953. The third-order valence-corrected chi connectivity index (χ3v) is 3.52. The SMILES string of the molecule is BrCCCCOc1ccccc1/C=C/c1ccccc1. The van der Waals surface area contributed by atoms with E-state index in [0.29, 0.717) is 0 Å². The lowest BCUT2D eigenvalue weighted by molar-refractivity contribution is 0.309. The van der Waals surface area contributed by atoms with Gasteiger partial charge in [0.15, 0.2) is 0 Å². The van der Waals surface area contributed by atoms with Crippen LogP contribution in [0.5, 0.6) is 5.75 Å². The van der Waals surface area contributed by atoms with E-state index >= 15 is 0 Å². The van der Waals surface area contributed by atoms with Gasteiger partial charge in [0.25, 0.3) is 0 Å². The molecule has 0 aliphatic rings. The Balaban J connectivity index is 2.02. The number of hydrogen-bond donors (Lipinski definition) is 0. The molecule has 0 unspecified atom stereocenters. The molecule has 1 nitrogen and oxygen atoms in total. The van der Waals surface area contributed by atoms with Crippen LogP contribution in [0.25, 0.3) is 12.2 Å². The minimum Gasteiger partial charge on any atom is -0.493 e. The first-order valence-corrected chi connectivity index (χ1v) is 8.03. The highest BCUT2D eigenvalue weighted by atomic mass is 79.9. The van der Waals surface area contributed by atoms with Gasteiger partial charge < -0.3 is 4.74 Å². The highest BCUT2D eigenvalue weighted by Crippen LogP contribution is 2.21. The number of benzene rings is 2. The van der Waals surface area contributed by atoms with Crippen LogP contribution < -0.4 is 4.74 Å². The van der Waals surface area contributed by atoms with Gasteiger partial charge in [-0.15, -0.1) is 0 Å². The topological polar surface area (TPSA) is 9.23 Å². The summed E-state index contributed by atoms with van der Waals surface area (Å²) in [4.78, 5) is 0. The quantitative estimate of drug-likeness (QED) is 0.374. The second-order valence-electron chi connectivity index (χ2n) is 4.53. The molecule has 104 valence electrons. The number of unbranched alkanes of at least 4 members (excludes halogenated alkanes) is 1. The lowest BCUT2D eigenvalue weighted by atomic mass is 10.1. The van der Waals surface area contributed by atoms with Gasteiger partial charge in [-0.05, 0) is 24.5 Å². The lowest BCUT2D eigenvalue weighted by Gasteiger charge is -2.08. The van der Waals surface area contributed by atoms with E-state index in [4.69, 9.17) is 4.74 Å². The molecule has 0 amide bonds. The first-order valence-electron chi connectivity index (χ1n) is 6.91. The third kappa shape index (κ3) is 4.86. The van der Waals surface area contributed by atoms with E-state index in [-0.39, 0.29) is 0 Å².